The normalized spacial score (nSPS) is 14.6. The van der Waals surface area contributed by atoms with Gasteiger partial charge >= 0.3 is 18.3 Å². The number of carbonyl (C=O) groups excluding carboxylic acids is 2. The molecule has 230 valence electrons. The Hall–Kier alpha value is -3.95. The van der Waals surface area contributed by atoms with Crippen LogP contribution in [-0.4, -0.2) is 67.2 Å². The van der Waals surface area contributed by atoms with Gasteiger partial charge in [0.05, 0.1) is 13.2 Å². The van der Waals surface area contributed by atoms with E-state index in [1.807, 2.05) is 30.3 Å². The van der Waals surface area contributed by atoms with Crippen molar-refractivity contribution in [2.45, 2.75) is 77.2 Å². The predicted octanol–water partition coefficient (Wildman–Crippen LogP) is 7.43. The third-order valence-electron chi connectivity index (χ3n) is 7.07. The van der Waals surface area contributed by atoms with Gasteiger partial charge in [0.15, 0.2) is 0 Å². The highest BCUT2D eigenvalue weighted by Crippen LogP contribution is 2.25. The number of piperidine rings is 1. The van der Waals surface area contributed by atoms with Gasteiger partial charge in [-0.1, -0.05) is 50.8 Å². The minimum Gasteiger partial charge on any atom is -0.465 e. The number of carboxylic acid groups (broad SMARTS) is 1. The number of carbonyl (C=O) groups is 3. The Balaban J connectivity index is 1.28. The third kappa shape index (κ3) is 11.9. The van der Waals surface area contributed by atoms with Gasteiger partial charge in [0.1, 0.15) is 17.6 Å². The van der Waals surface area contributed by atoms with Crippen LogP contribution in [0, 0.1) is 0 Å². The van der Waals surface area contributed by atoms with Crippen molar-refractivity contribution in [3.05, 3.63) is 54.6 Å². The molecule has 1 unspecified atom stereocenters. The van der Waals surface area contributed by atoms with Crippen LogP contribution in [0.1, 0.15) is 71.1 Å². The highest BCUT2D eigenvalue weighted by atomic mass is 16.6. The molecule has 2 aromatic carbocycles. The van der Waals surface area contributed by atoms with E-state index < -0.39 is 12.2 Å². The number of para-hydroxylation sites is 1. The summed E-state index contributed by atoms with van der Waals surface area (Å²) in [7, 11) is 0. The average molecular weight is 584 g/mol. The number of hydrogen-bond acceptors (Lipinski definition) is 6. The topological polar surface area (TPSA) is 118 Å². The molecule has 3 amide bonds. The van der Waals surface area contributed by atoms with E-state index in [0.717, 1.165) is 51.4 Å². The summed E-state index contributed by atoms with van der Waals surface area (Å²) < 4.78 is 16.7. The van der Waals surface area contributed by atoms with E-state index in [9.17, 15) is 19.5 Å². The summed E-state index contributed by atoms with van der Waals surface area (Å²) in [5.74, 6) is 1.35. The van der Waals surface area contributed by atoms with Gasteiger partial charge in [0.25, 0.3) is 0 Å². The van der Waals surface area contributed by atoms with Gasteiger partial charge in [-0.2, -0.15) is 0 Å². The first-order valence-electron chi connectivity index (χ1n) is 15.2. The molecule has 42 heavy (non-hydrogen) atoms. The summed E-state index contributed by atoms with van der Waals surface area (Å²) in [6.45, 7) is 4.34. The SMILES string of the molecule is CCCCCCNC(=O)OC1CCCN(C(=O)OCCCCCCN(C(=O)O)c2ccc(Oc3ccccc3)cc2)C1. The van der Waals surface area contributed by atoms with Crippen molar-refractivity contribution >= 4 is 24.0 Å². The van der Waals surface area contributed by atoms with Crippen LogP contribution in [-0.2, 0) is 9.47 Å². The Bertz CT molecular complexity index is 1080. The number of unbranched alkanes of at least 4 members (excludes halogenated alkanes) is 6. The first-order chi connectivity index (χ1) is 20.5. The molecule has 1 saturated heterocycles. The molecule has 0 saturated carbocycles. The summed E-state index contributed by atoms with van der Waals surface area (Å²) >= 11 is 0. The number of nitrogens with zero attached hydrogens (tertiary/aromatic N) is 2. The van der Waals surface area contributed by atoms with Gasteiger partial charge < -0.3 is 29.5 Å². The van der Waals surface area contributed by atoms with Gasteiger partial charge in [-0.05, 0) is 74.9 Å². The van der Waals surface area contributed by atoms with Crippen LogP contribution in [0.5, 0.6) is 11.5 Å². The van der Waals surface area contributed by atoms with Crippen molar-refractivity contribution in [2.24, 2.45) is 0 Å². The zero-order chi connectivity index (χ0) is 30.0. The second-order valence-electron chi connectivity index (χ2n) is 10.5. The van der Waals surface area contributed by atoms with E-state index in [2.05, 4.69) is 12.2 Å². The van der Waals surface area contributed by atoms with Crippen molar-refractivity contribution in [1.29, 1.82) is 0 Å². The molecule has 10 heteroatoms. The molecule has 2 aromatic rings. The molecular weight excluding hydrogens is 538 g/mol. The number of anilines is 1. The van der Waals surface area contributed by atoms with E-state index in [1.165, 1.54) is 4.90 Å². The zero-order valence-corrected chi connectivity index (χ0v) is 24.7. The van der Waals surface area contributed by atoms with Gasteiger partial charge in [-0.15, -0.1) is 0 Å². The molecule has 0 radical (unpaired) electrons. The monoisotopic (exact) mass is 583 g/mol. The number of nitrogens with one attached hydrogen (secondary N) is 1. The lowest BCUT2D eigenvalue weighted by molar-refractivity contribution is 0.0322. The molecule has 0 spiro atoms. The van der Waals surface area contributed by atoms with E-state index in [1.54, 1.807) is 29.2 Å². The molecule has 0 aromatic heterocycles. The van der Waals surface area contributed by atoms with Gasteiger partial charge in [-0.25, -0.2) is 14.4 Å². The number of benzene rings is 2. The number of ether oxygens (including phenoxy) is 3. The first-order valence-corrected chi connectivity index (χ1v) is 15.2. The van der Waals surface area contributed by atoms with E-state index in [0.29, 0.717) is 62.8 Å². The molecule has 1 aliphatic rings. The number of rotatable bonds is 16. The number of alkyl carbamates (subject to hydrolysis) is 1. The molecule has 0 aliphatic carbocycles. The van der Waals surface area contributed by atoms with Crippen molar-refractivity contribution in [2.75, 3.05) is 37.7 Å². The Morgan fingerprint density at radius 2 is 1.64 bits per heavy atom. The van der Waals surface area contributed by atoms with E-state index >= 15 is 0 Å². The van der Waals surface area contributed by atoms with Gasteiger partial charge in [-0.3, -0.25) is 4.90 Å². The third-order valence-corrected chi connectivity index (χ3v) is 7.07. The maximum absolute atomic E-state index is 12.5. The van der Waals surface area contributed by atoms with Crippen molar-refractivity contribution < 1.29 is 33.7 Å². The molecule has 10 nitrogen and oxygen atoms in total. The maximum atomic E-state index is 12.5. The summed E-state index contributed by atoms with van der Waals surface area (Å²) in [6.07, 6.45) is 6.66. The molecule has 3 rings (SSSR count). The molecule has 1 heterocycles. The largest absolute Gasteiger partial charge is 0.465 e. The van der Waals surface area contributed by atoms with Crippen molar-refractivity contribution in [3.8, 4) is 11.5 Å². The fraction of sp³-hybridized carbons (Fsp3) is 0.531. The second-order valence-corrected chi connectivity index (χ2v) is 10.5. The zero-order valence-electron chi connectivity index (χ0n) is 24.7. The average Bonchev–Trinajstić information content (AvgIpc) is 2.99. The smallest absolute Gasteiger partial charge is 0.411 e. The Labute approximate surface area is 248 Å². The van der Waals surface area contributed by atoms with Crippen LogP contribution < -0.4 is 15.0 Å². The lowest BCUT2D eigenvalue weighted by Crippen LogP contribution is -2.45. The Kier molecular flexibility index (Phi) is 14.3. The first kappa shape index (κ1) is 32.6. The molecule has 2 N–H and O–H groups in total. The second kappa shape index (κ2) is 18.5. The van der Waals surface area contributed by atoms with Crippen LogP contribution in [0.4, 0.5) is 20.1 Å². The standard InChI is InChI=1S/C32H45N3O7/c1-2-3-4-10-21-33-30(36)42-29-16-13-22-34(25-29)32(39)40-24-12-6-5-11-23-35(31(37)38)26-17-19-28(20-18-26)41-27-14-8-7-9-15-27/h7-9,14-15,17-20,29H,2-6,10-13,16,21-25H2,1H3,(H,33,36)(H,37,38). The fourth-order valence-electron chi connectivity index (χ4n) is 4.77. The van der Waals surface area contributed by atoms with Crippen LogP contribution in [0.2, 0.25) is 0 Å². The highest BCUT2D eigenvalue weighted by molar-refractivity contribution is 5.86. The quantitative estimate of drug-likeness (QED) is 0.197. The lowest BCUT2D eigenvalue weighted by atomic mass is 10.1. The number of amides is 3. The minimum absolute atomic E-state index is 0.296. The fourth-order valence-corrected chi connectivity index (χ4v) is 4.77. The predicted molar refractivity (Wildman–Crippen MR) is 161 cm³/mol. The van der Waals surface area contributed by atoms with Crippen molar-refractivity contribution in [3.63, 3.8) is 0 Å². The van der Waals surface area contributed by atoms with E-state index in [-0.39, 0.29) is 12.2 Å². The molecule has 1 aliphatic heterocycles. The van der Waals surface area contributed by atoms with Crippen LogP contribution in [0.25, 0.3) is 0 Å². The van der Waals surface area contributed by atoms with Crippen molar-refractivity contribution in [1.82, 2.24) is 10.2 Å². The van der Waals surface area contributed by atoms with Gasteiger partial charge in [0, 0.05) is 25.3 Å². The van der Waals surface area contributed by atoms with E-state index in [4.69, 9.17) is 14.2 Å². The highest BCUT2D eigenvalue weighted by Gasteiger charge is 2.27. The number of hydrogen-bond donors (Lipinski definition) is 2. The molecular formula is C32H45N3O7. The molecule has 0 bridgehead atoms. The summed E-state index contributed by atoms with van der Waals surface area (Å²) in [5, 5.41) is 12.5. The van der Waals surface area contributed by atoms with Crippen LogP contribution in [0.15, 0.2) is 54.6 Å². The molecule has 1 fully saturated rings. The van der Waals surface area contributed by atoms with Crippen LogP contribution >= 0.6 is 0 Å². The lowest BCUT2D eigenvalue weighted by Gasteiger charge is -2.31. The van der Waals surface area contributed by atoms with Crippen LogP contribution in [0.3, 0.4) is 0 Å². The van der Waals surface area contributed by atoms with Gasteiger partial charge in [0.2, 0.25) is 0 Å². The molecule has 1 atom stereocenters. The maximum Gasteiger partial charge on any atom is 0.411 e. The summed E-state index contributed by atoms with van der Waals surface area (Å²) in [5.41, 5.74) is 0.588. The summed E-state index contributed by atoms with van der Waals surface area (Å²) in [4.78, 5) is 39.3. The number of likely N-dealkylation sites (tertiary alicyclic amines) is 1. The summed E-state index contributed by atoms with van der Waals surface area (Å²) in [6, 6.07) is 16.4. The Morgan fingerprint density at radius 3 is 2.38 bits per heavy atom. The Morgan fingerprint density at radius 1 is 0.929 bits per heavy atom. The minimum atomic E-state index is -1.01.